The van der Waals surface area contributed by atoms with E-state index in [0.29, 0.717) is 13.0 Å². The molecule has 1 atom stereocenters. The van der Waals surface area contributed by atoms with E-state index in [1.807, 2.05) is 0 Å². The number of methoxy groups -OCH3 is 1. The molecule has 0 aliphatic carbocycles. The van der Waals surface area contributed by atoms with Crippen LogP contribution in [0.1, 0.15) is 12.8 Å². The molecular weight excluding hydrogens is 174 g/mol. The van der Waals surface area contributed by atoms with Crippen molar-refractivity contribution in [3.05, 3.63) is 0 Å². The number of amides is 1. The summed E-state index contributed by atoms with van der Waals surface area (Å²) in [5, 5.41) is 8.73. The minimum absolute atomic E-state index is 0.266. The average Bonchev–Trinajstić information content (AvgIpc) is 2.17. The Labute approximate surface area is 76.3 Å². The SMILES string of the molecule is COC(=O)N1CCC[C@@H](C(=O)O)C1. The minimum atomic E-state index is -0.839. The molecule has 1 fully saturated rings. The van der Waals surface area contributed by atoms with Crippen molar-refractivity contribution >= 4 is 12.1 Å². The van der Waals surface area contributed by atoms with Crippen molar-refractivity contribution in [1.29, 1.82) is 0 Å². The van der Waals surface area contributed by atoms with Crippen molar-refractivity contribution in [2.45, 2.75) is 12.8 Å². The van der Waals surface area contributed by atoms with E-state index < -0.39 is 18.0 Å². The van der Waals surface area contributed by atoms with Gasteiger partial charge in [0.05, 0.1) is 13.0 Å². The molecule has 1 saturated heterocycles. The average molecular weight is 187 g/mol. The van der Waals surface area contributed by atoms with E-state index in [9.17, 15) is 9.59 Å². The van der Waals surface area contributed by atoms with E-state index >= 15 is 0 Å². The number of aliphatic carboxylic acids is 1. The van der Waals surface area contributed by atoms with Crippen LogP contribution < -0.4 is 0 Å². The standard InChI is InChI=1S/C8H13NO4/c1-13-8(12)9-4-2-3-6(5-9)7(10)11/h6H,2-5H2,1H3,(H,10,11)/t6-/m1/s1. The molecule has 13 heavy (non-hydrogen) atoms. The van der Waals surface area contributed by atoms with E-state index in [1.165, 1.54) is 12.0 Å². The fourth-order valence-electron chi connectivity index (χ4n) is 1.47. The third-order valence-electron chi connectivity index (χ3n) is 2.20. The molecule has 0 saturated carbocycles. The molecular formula is C8H13NO4. The molecule has 5 nitrogen and oxygen atoms in total. The molecule has 0 spiro atoms. The van der Waals surface area contributed by atoms with E-state index in [1.54, 1.807) is 0 Å². The summed E-state index contributed by atoms with van der Waals surface area (Å²) in [6.45, 7) is 0.860. The van der Waals surface area contributed by atoms with Crippen LogP contribution in [0.15, 0.2) is 0 Å². The second-order valence-corrected chi connectivity index (χ2v) is 3.09. The lowest BCUT2D eigenvalue weighted by Gasteiger charge is -2.29. The van der Waals surface area contributed by atoms with Gasteiger partial charge in [0.25, 0.3) is 0 Å². The summed E-state index contributed by atoms with van der Waals surface area (Å²) < 4.78 is 4.51. The molecule has 0 unspecified atom stereocenters. The number of carboxylic acids is 1. The second-order valence-electron chi connectivity index (χ2n) is 3.09. The molecule has 1 N–H and O–H groups in total. The van der Waals surface area contributed by atoms with Crippen LogP contribution in [0.4, 0.5) is 4.79 Å². The van der Waals surface area contributed by atoms with Crippen LogP contribution in [0.3, 0.4) is 0 Å². The third-order valence-corrected chi connectivity index (χ3v) is 2.20. The monoisotopic (exact) mass is 187 g/mol. The van der Waals surface area contributed by atoms with E-state index in [-0.39, 0.29) is 6.54 Å². The highest BCUT2D eigenvalue weighted by atomic mass is 16.5. The molecule has 74 valence electrons. The van der Waals surface area contributed by atoms with Crippen LogP contribution in [0, 0.1) is 5.92 Å². The van der Waals surface area contributed by atoms with Crippen LogP contribution in [-0.2, 0) is 9.53 Å². The topological polar surface area (TPSA) is 66.8 Å². The molecule has 1 aliphatic rings. The highest BCUT2D eigenvalue weighted by molar-refractivity contribution is 5.73. The van der Waals surface area contributed by atoms with Gasteiger partial charge >= 0.3 is 12.1 Å². The molecule has 0 aromatic carbocycles. The first-order valence-corrected chi connectivity index (χ1v) is 4.21. The van der Waals surface area contributed by atoms with Crippen LogP contribution in [0.25, 0.3) is 0 Å². The lowest BCUT2D eigenvalue weighted by molar-refractivity contribution is -0.143. The summed E-state index contributed by atoms with van der Waals surface area (Å²) >= 11 is 0. The summed E-state index contributed by atoms with van der Waals surface area (Å²) in [5.41, 5.74) is 0. The molecule has 1 aliphatic heterocycles. The number of carbonyl (C=O) groups excluding carboxylic acids is 1. The maximum absolute atomic E-state index is 11.0. The second kappa shape index (κ2) is 4.11. The van der Waals surface area contributed by atoms with Crippen LogP contribution >= 0.6 is 0 Å². The number of carbonyl (C=O) groups is 2. The van der Waals surface area contributed by atoms with E-state index in [0.717, 1.165) is 6.42 Å². The summed E-state index contributed by atoms with van der Waals surface area (Å²) in [7, 11) is 1.30. The van der Waals surface area contributed by atoms with Gasteiger partial charge in [-0.2, -0.15) is 0 Å². The Hall–Kier alpha value is -1.26. The summed E-state index contributed by atoms with van der Waals surface area (Å²) in [6, 6.07) is 0. The first-order valence-electron chi connectivity index (χ1n) is 4.21. The largest absolute Gasteiger partial charge is 0.481 e. The van der Waals surface area contributed by atoms with Crippen LogP contribution in [0.5, 0.6) is 0 Å². The van der Waals surface area contributed by atoms with Crippen molar-refractivity contribution < 1.29 is 19.4 Å². The quantitative estimate of drug-likeness (QED) is 0.651. The molecule has 1 rings (SSSR count). The van der Waals surface area contributed by atoms with Gasteiger partial charge in [0, 0.05) is 13.1 Å². The van der Waals surface area contributed by atoms with Crippen LogP contribution in [0.2, 0.25) is 0 Å². The maximum atomic E-state index is 11.0. The molecule has 0 radical (unpaired) electrons. The Morgan fingerprint density at radius 3 is 2.77 bits per heavy atom. The Balaban J connectivity index is 2.51. The van der Waals surface area contributed by atoms with Gasteiger partial charge in [-0.25, -0.2) is 4.79 Å². The van der Waals surface area contributed by atoms with Gasteiger partial charge in [0.1, 0.15) is 0 Å². The number of hydrogen-bond acceptors (Lipinski definition) is 3. The first-order chi connectivity index (χ1) is 6.15. The zero-order chi connectivity index (χ0) is 9.84. The Bertz CT molecular complexity index is 216. The molecule has 5 heteroatoms. The summed E-state index contributed by atoms with van der Waals surface area (Å²) in [5.74, 6) is -1.28. The fraction of sp³-hybridized carbons (Fsp3) is 0.750. The van der Waals surface area contributed by atoms with E-state index in [4.69, 9.17) is 5.11 Å². The van der Waals surface area contributed by atoms with Gasteiger partial charge in [-0.15, -0.1) is 0 Å². The van der Waals surface area contributed by atoms with Gasteiger partial charge in [-0.1, -0.05) is 0 Å². The Morgan fingerprint density at radius 2 is 2.23 bits per heavy atom. The predicted molar refractivity (Wildman–Crippen MR) is 44.3 cm³/mol. The highest BCUT2D eigenvalue weighted by Gasteiger charge is 2.28. The van der Waals surface area contributed by atoms with E-state index in [2.05, 4.69) is 4.74 Å². The molecule has 0 aromatic heterocycles. The molecule has 0 aromatic rings. The Morgan fingerprint density at radius 1 is 1.54 bits per heavy atom. The van der Waals surface area contributed by atoms with Gasteiger partial charge < -0.3 is 14.7 Å². The lowest BCUT2D eigenvalue weighted by Crippen LogP contribution is -2.42. The Kier molecular flexibility index (Phi) is 3.11. The number of likely N-dealkylation sites (tertiary alicyclic amines) is 1. The number of rotatable bonds is 1. The predicted octanol–water partition coefficient (Wildman–Crippen LogP) is 0.549. The number of ether oxygens (including phenoxy) is 1. The van der Waals surface area contributed by atoms with Crippen molar-refractivity contribution in [2.75, 3.05) is 20.2 Å². The van der Waals surface area contributed by atoms with Gasteiger partial charge in [-0.3, -0.25) is 4.79 Å². The molecule has 0 bridgehead atoms. The normalized spacial score (nSPS) is 22.5. The zero-order valence-electron chi connectivity index (χ0n) is 7.52. The van der Waals surface area contributed by atoms with Gasteiger partial charge in [0.2, 0.25) is 0 Å². The van der Waals surface area contributed by atoms with Crippen molar-refractivity contribution in [3.63, 3.8) is 0 Å². The number of nitrogens with zero attached hydrogens (tertiary/aromatic N) is 1. The number of carboxylic acid groups (broad SMARTS) is 1. The van der Waals surface area contributed by atoms with Crippen LogP contribution in [-0.4, -0.2) is 42.3 Å². The summed E-state index contributed by atoms with van der Waals surface area (Å²) in [4.78, 5) is 23.1. The molecule has 1 heterocycles. The molecule has 1 amide bonds. The summed E-state index contributed by atoms with van der Waals surface area (Å²) in [6.07, 6.45) is 0.931. The minimum Gasteiger partial charge on any atom is -0.481 e. The third kappa shape index (κ3) is 2.34. The lowest BCUT2D eigenvalue weighted by atomic mass is 9.99. The van der Waals surface area contributed by atoms with Crippen molar-refractivity contribution in [1.82, 2.24) is 4.90 Å². The fourth-order valence-corrected chi connectivity index (χ4v) is 1.47. The van der Waals surface area contributed by atoms with Crippen molar-refractivity contribution in [3.8, 4) is 0 Å². The number of hydrogen-bond donors (Lipinski definition) is 1. The maximum Gasteiger partial charge on any atom is 0.409 e. The smallest absolute Gasteiger partial charge is 0.409 e. The van der Waals surface area contributed by atoms with Crippen molar-refractivity contribution in [2.24, 2.45) is 5.92 Å². The highest BCUT2D eigenvalue weighted by Crippen LogP contribution is 2.16. The van der Waals surface area contributed by atoms with Gasteiger partial charge in [0.15, 0.2) is 0 Å². The first kappa shape index (κ1) is 9.83. The van der Waals surface area contributed by atoms with Gasteiger partial charge in [-0.05, 0) is 12.8 Å². The number of piperidine rings is 1. The zero-order valence-corrected chi connectivity index (χ0v) is 7.52.